The smallest absolute Gasteiger partial charge is 0.250 e. The summed E-state index contributed by atoms with van der Waals surface area (Å²) in [4.78, 5) is 18.4. The van der Waals surface area contributed by atoms with Crippen LogP contribution in [0.15, 0.2) is 41.3 Å². The molecule has 0 radical (unpaired) electrons. The van der Waals surface area contributed by atoms with Crippen LogP contribution in [0.4, 0.5) is 0 Å². The summed E-state index contributed by atoms with van der Waals surface area (Å²) in [6, 6.07) is 9.31. The molecule has 1 N–H and O–H groups in total. The van der Waals surface area contributed by atoms with Gasteiger partial charge in [-0.15, -0.1) is 0 Å². The van der Waals surface area contributed by atoms with E-state index in [4.69, 9.17) is 4.74 Å². The number of nitrogens with one attached hydrogen (secondary N) is 1. The van der Waals surface area contributed by atoms with E-state index in [-0.39, 0.29) is 11.5 Å². The third-order valence-electron chi connectivity index (χ3n) is 2.98. The monoisotopic (exact) mass is 228 g/mol. The molecular weight excluding hydrogens is 216 g/mol. The first kappa shape index (κ1) is 10.1. The molecule has 0 bridgehead atoms. The maximum atomic E-state index is 11.3. The van der Waals surface area contributed by atoms with Crippen LogP contribution in [0.3, 0.4) is 0 Å². The zero-order valence-electron chi connectivity index (χ0n) is 9.22. The molecule has 86 valence electrons. The van der Waals surface area contributed by atoms with Crippen molar-refractivity contribution in [3.8, 4) is 5.75 Å². The van der Waals surface area contributed by atoms with Gasteiger partial charge in [0.25, 0.3) is 5.56 Å². The van der Waals surface area contributed by atoms with E-state index in [1.807, 2.05) is 24.3 Å². The molecule has 3 rings (SSSR count). The average molecular weight is 228 g/mol. The predicted octanol–water partition coefficient (Wildman–Crippen LogP) is 1.68. The van der Waals surface area contributed by atoms with Crippen molar-refractivity contribution in [1.82, 2.24) is 9.97 Å². The van der Waals surface area contributed by atoms with Crippen LogP contribution in [-0.2, 0) is 0 Å². The molecule has 1 atom stereocenters. The van der Waals surface area contributed by atoms with Crippen LogP contribution in [0.1, 0.15) is 23.7 Å². The molecule has 0 amide bonds. The quantitative estimate of drug-likeness (QED) is 0.808. The fourth-order valence-corrected chi connectivity index (χ4v) is 2.19. The van der Waals surface area contributed by atoms with Crippen LogP contribution in [0.2, 0.25) is 0 Å². The number of ether oxygens (including phenoxy) is 1. The molecule has 0 saturated heterocycles. The molecule has 1 aliphatic heterocycles. The highest BCUT2D eigenvalue weighted by atomic mass is 16.5. The molecule has 17 heavy (non-hydrogen) atoms. The topological polar surface area (TPSA) is 55.0 Å². The molecule has 0 spiro atoms. The standard InChI is InChI=1S/C13H12N2O2/c16-12-5-7-14-13(15-12)10-6-8-17-11-4-2-1-3-9(10)11/h1-5,7,10H,6,8H2,(H,14,15,16). The summed E-state index contributed by atoms with van der Waals surface area (Å²) in [5, 5.41) is 0. The first-order chi connectivity index (χ1) is 8.34. The highest BCUT2D eigenvalue weighted by molar-refractivity contribution is 5.40. The Labute approximate surface area is 98.3 Å². The molecule has 1 aromatic heterocycles. The lowest BCUT2D eigenvalue weighted by molar-refractivity contribution is 0.274. The number of H-pyrrole nitrogens is 1. The third kappa shape index (κ3) is 1.82. The number of benzene rings is 1. The Morgan fingerprint density at radius 1 is 1.29 bits per heavy atom. The lowest BCUT2D eigenvalue weighted by Gasteiger charge is -2.24. The van der Waals surface area contributed by atoms with Crippen LogP contribution < -0.4 is 10.3 Å². The first-order valence-electron chi connectivity index (χ1n) is 5.61. The largest absolute Gasteiger partial charge is 0.493 e. The average Bonchev–Trinajstić information content (AvgIpc) is 2.38. The van der Waals surface area contributed by atoms with Crippen molar-refractivity contribution >= 4 is 0 Å². The van der Waals surface area contributed by atoms with E-state index in [0.29, 0.717) is 12.4 Å². The summed E-state index contributed by atoms with van der Waals surface area (Å²) >= 11 is 0. The summed E-state index contributed by atoms with van der Waals surface area (Å²) in [5.74, 6) is 1.72. The summed E-state index contributed by atoms with van der Waals surface area (Å²) in [6.07, 6.45) is 2.39. The van der Waals surface area contributed by atoms with Gasteiger partial charge in [-0.3, -0.25) is 4.79 Å². The number of rotatable bonds is 1. The Hall–Kier alpha value is -2.10. The zero-order valence-corrected chi connectivity index (χ0v) is 9.22. The van der Waals surface area contributed by atoms with Gasteiger partial charge in [0.1, 0.15) is 11.6 Å². The normalized spacial score (nSPS) is 18.2. The van der Waals surface area contributed by atoms with E-state index in [2.05, 4.69) is 9.97 Å². The van der Waals surface area contributed by atoms with Gasteiger partial charge in [-0.25, -0.2) is 4.98 Å². The van der Waals surface area contributed by atoms with Crippen molar-refractivity contribution < 1.29 is 4.74 Å². The Bertz CT molecular complexity index is 592. The van der Waals surface area contributed by atoms with Crippen molar-refractivity contribution in [1.29, 1.82) is 0 Å². The highest BCUT2D eigenvalue weighted by Gasteiger charge is 2.24. The number of para-hydroxylation sites is 1. The highest BCUT2D eigenvalue weighted by Crippen LogP contribution is 2.35. The summed E-state index contributed by atoms with van der Waals surface area (Å²) < 4.78 is 5.59. The number of fused-ring (bicyclic) bond motifs is 1. The third-order valence-corrected chi connectivity index (χ3v) is 2.98. The summed E-state index contributed by atoms with van der Waals surface area (Å²) in [7, 11) is 0. The van der Waals surface area contributed by atoms with Gasteiger partial charge in [0.15, 0.2) is 0 Å². The van der Waals surface area contributed by atoms with E-state index in [9.17, 15) is 4.79 Å². The van der Waals surface area contributed by atoms with Gasteiger partial charge in [-0.2, -0.15) is 0 Å². The molecule has 2 heterocycles. The number of aromatic amines is 1. The van der Waals surface area contributed by atoms with E-state index in [1.54, 1.807) is 6.20 Å². The van der Waals surface area contributed by atoms with Crippen molar-refractivity contribution in [2.75, 3.05) is 6.61 Å². The number of aromatic nitrogens is 2. The van der Waals surface area contributed by atoms with Gasteiger partial charge in [0.05, 0.1) is 6.61 Å². The lowest BCUT2D eigenvalue weighted by Crippen LogP contribution is -2.19. The second kappa shape index (κ2) is 4.05. The first-order valence-corrected chi connectivity index (χ1v) is 5.61. The lowest BCUT2D eigenvalue weighted by atomic mass is 9.92. The van der Waals surface area contributed by atoms with Gasteiger partial charge in [0, 0.05) is 23.7 Å². The minimum absolute atomic E-state index is 0.112. The molecule has 1 unspecified atom stereocenters. The molecule has 0 saturated carbocycles. The number of hydrogen-bond acceptors (Lipinski definition) is 3. The van der Waals surface area contributed by atoms with Crippen molar-refractivity contribution in [2.45, 2.75) is 12.3 Å². The second-order valence-corrected chi connectivity index (χ2v) is 4.05. The van der Waals surface area contributed by atoms with Crippen LogP contribution in [0.25, 0.3) is 0 Å². The summed E-state index contributed by atoms with van der Waals surface area (Å²) in [6.45, 7) is 0.653. The molecule has 1 aromatic carbocycles. The minimum atomic E-state index is -0.112. The molecule has 4 heteroatoms. The van der Waals surface area contributed by atoms with E-state index in [0.717, 1.165) is 17.7 Å². The van der Waals surface area contributed by atoms with Gasteiger partial charge in [-0.1, -0.05) is 18.2 Å². The Balaban J connectivity index is 2.09. The second-order valence-electron chi connectivity index (χ2n) is 4.05. The van der Waals surface area contributed by atoms with Gasteiger partial charge < -0.3 is 9.72 Å². The fraction of sp³-hybridized carbons (Fsp3) is 0.231. The maximum Gasteiger partial charge on any atom is 0.250 e. The van der Waals surface area contributed by atoms with Crippen LogP contribution in [0, 0.1) is 0 Å². The van der Waals surface area contributed by atoms with Crippen LogP contribution >= 0.6 is 0 Å². The van der Waals surface area contributed by atoms with Gasteiger partial charge in [-0.05, 0) is 12.5 Å². The molecule has 2 aromatic rings. The van der Waals surface area contributed by atoms with Gasteiger partial charge >= 0.3 is 0 Å². The van der Waals surface area contributed by atoms with Crippen LogP contribution in [0.5, 0.6) is 5.75 Å². The van der Waals surface area contributed by atoms with Crippen molar-refractivity contribution in [2.24, 2.45) is 0 Å². The SMILES string of the molecule is O=c1ccnc(C2CCOc3ccccc32)[nH]1. The Morgan fingerprint density at radius 2 is 2.18 bits per heavy atom. The van der Waals surface area contributed by atoms with E-state index in [1.165, 1.54) is 6.07 Å². The summed E-state index contributed by atoms with van der Waals surface area (Å²) in [5.41, 5.74) is 0.979. The van der Waals surface area contributed by atoms with Crippen molar-refractivity contribution in [3.05, 3.63) is 58.3 Å². The molecule has 4 nitrogen and oxygen atoms in total. The number of nitrogens with zero attached hydrogens (tertiary/aromatic N) is 1. The molecule has 0 fully saturated rings. The minimum Gasteiger partial charge on any atom is -0.493 e. The molecule has 0 aliphatic carbocycles. The van der Waals surface area contributed by atoms with Crippen molar-refractivity contribution in [3.63, 3.8) is 0 Å². The van der Waals surface area contributed by atoms with E-state index >= 15 is 0 Å². The van der Waals surface area contributed by atoms with Gasteiger partial charge in [0.2, 0.25) is 0 Å². The molecular formula is C13H12N2O2. The zero-order chi connectivity index (χ0) is 11.7. The number of hydrogen-bond donors (Lipinski definition) is 1. The Kier molecular flexibility index (Phi) is 2.40. The van der Waals surface area contributed by atoms with Crippen LogP contribution in [-0.4, -0.2) is 16.6 Å². The fourth-order valence-electron chi connectivity index (χ4n) is 2.19. The Morgan fingerprint density at radius 3 is 3.06 bits per heavy atom. The molecule has 1 aliphatic rings. The maximum absolute atomic E-state index is 11.3. The predicted molar refractivity (Wildman–Crippen MR) is 63.3 cm³/mol. The van der Waals surface area contributed by atoms with E-state index < -0.39 is 0 Å².